The second-order valence-electron chi connectivity index (χ2n) is 8.42. The summed E-state index contributed by atoms with van der Waals surface area (Å²) in [5.74, 6) is -0.914. The molecule has 7 nitrogen and oxygen atoms in total. The number of halogens is 1. The van der Waals surface area contributed by atoms with Crippen LogP contribution in [0.4, 0.5) is 14.9 Å². The highest BCUT2D eigenvalue weighted by Gasteiger charge is 2.20. The van der Waals surface area contributed by atoms with E-state index in [4.69, 9.17) is 14.4 Å². The Hall–Kier alpha value is -4.46. The number of rotatable bonds is 8. The zero-order chi connectivity index (χ0) is 25.7. The molecule has 1 heterocycles. The number of carboxylic acids is 1. The fourth-order valence-corrected chi connectivity index (χ4v) is 3.92. The molecule has 4 aromatic rings. The Balaban J connectivity index is 1.45. The molecule has 0 aliphatic rings. The summed E-state index contributed by atoms with van der Waals surface area (Å²) in [6.07, 6.45) is -0.925. The lowest BCUT2D eigenvalue weighted by Crippen LogP contribution is -2.17. The molecule has 0 spiro atoms. The highest BCUT2D eigenvalue weighted by Crippen LogP contribution is 2.31. The number of ether oxygens (including phenoxy) is 1. The molecule has 36 heavy (non-hydrogen) atoms. The Labute approximate surface area is 207 Å². The van der Waals surface area contributed by atoms with E-state index in [2.05, 4.69) is 10.5 Å². The van der Waals surface area contributed by atoms with Gasteiger partial charge in [0.15, 0.2) is 5.76 Å². The van der Waals surface area contributed by atoms with Crippen LogP contribution in [0.5, 0.6) is 0 Å². The first-order valence-electron chi connectivity index (χ1n) is 11.4. The lowest BCUT2D eigenvalue weighted by atomic mass is 10.00. The first-order chi connectivity index (χ1) is 17.3. The summed E-state index contributed by atoms with van der Waals surface area (Å²) >= 11 is 0. The van der Waals surface area contributed by atoms with E-state index in [9.17, 15) is 14.0 Å². The standard InChI is InChI=1S/C28H25FN2O5/c1-17(23-8-3-4-9-24(23)29)35-28(34)30-26-18(2)36-31-27(26)22-12-10-19(11-13-22)14-20-6-5-7-21(15-20)16-25(32)33/h3-13,15,17H,14,16H2,1-2H3,(H,30,34)(H,32,33). The second kappa shape index (κ2) is 10.9. The van der Waals surface area contributed by atoms with Crippen molar-refractivity contribution in [3.05, 3.63) is 107 Å². The van der Waals surface area contributed by atoms with Crippen LogP contribution in [0, 0.1) is 12.7 Å². The maximum Gasteiger partial charge on any atom is 0.412 e. The van der Waals surface area contributed by atoms with Gasteiger partial charge in [-0.1, -0.05) is 71.9 Å². The molecule has 0 aliphatic heterocycles. The van der Waals surface area contributed by atoms with Crippen LogP contribution in [0.15, 0.2) is 77.3 Å². The Morgan fingerprint density at radius 1 is 1.03 bits per heavy atom. The summed E-state index contributed by atoms with van der Waals surface area (Å²) in [5, 5.41) is 15.8. The van der Waals surface area contributed by atoms with E-state index < -0.39 is 24.0 Å². The molecule has 1 atom stereocenters. The van der Waals surface area contributed by atoms with Gasteiger partial charge in [0.25, 0.3) is 0 Å². The summed E-state index contributed by atoms with van der Waals surface area (Å²) in [7, 11) is 0. The molecule has 2 N–H and O–H groups in total. The monoisotopic (exact) mass is 488 g/mol. The zero-order valence-electron chi connectivity index (χ0n) is 19.8. The third-order valence-electron chi connectivity index (χ3n) is 5.70. The molecule has 0 aliphatic carbocycles. The van der Waals surface area contributed by atoms with Crippen molar-refractivity contribution in [1.82, 2.24) is 5.16 Å². The van der Waals surface area contributed by atoms with Crippen LogP contribution < -0.4 is 5.32 Å². The van der Waals surface area contributed by atoms with Crippen molar-refractivity contribution >= 4 is 17.7 Å². The van der Waals surface area contributed by atoms with E-state index in [0.29, 0.717) is 23.6 Å². The van der Waals surface area contributed by atoms with Gasteiger partial charge in [-0.2, -0.15) is 0 Å². The molecule has 1 amide bonds. The molecule has 8 heteroatoms. The maximum atomic E-state index is 14.0. The van der Waals surface area contributed by atoms with E-state index in [0.717, 1.165) is 22.3 Å². The molecule has 4 rings (SSSR count). The van der Waals surface area contributed by atoms with Crippen LogP contribution in [0.2, 0.25) is 0 Å². The van der Waals surface area contributed by atoms with Crippen molar-refractivity contribution in [2.24, 2.45) is 0 Å². The summed E-state index contributed by atoms with van der Waals surface area (Å²) in [6, 6.07) is 21.2. The van der Waals surface area contributed by atoms with Crippen LogP contribution in [-0.4, -0.2) is 22.3 Å². The number of hydrogen-bond acceptors (Lipinski definition) is 5. The minimum Gasteiger partial charge on any atom is -0.481 e. The van der Waals surface area contributed by atoms with E-state index in [1.54, 1.807) is 38.1 Å². The van der Waals surface area contributed by atoms with Crippen molar-refractivity contribution in [3.8, 4) is 11.3 Å². The first kappa shape index (κ1) is 24.7. The van der Waals surface area contributed by atoms with Gasteiger partial charge < -0.3 is 14.4 Å². The number of aryl methyl sites for hydroxylation is 1. The predicted octanol–water partition coefficient (Wildman–Crippen LogP) is 6.32. The third kappa shape index (κ3) is 5.96. The molecule has 184 valence electrons. The minimum atomic E-state index is -0.866. The van der Waals surface area contributed by atoms with Crippen LogP contribution in [0.3, 0.4) is 0 Å². The van der Waals surface area contributed by atoms with E-state index in [-0.39, 0.29) is 12.0 Å². The summed E-state index contributed by atoms with van der Waals surface area (Å²) in [6.45, 7) is 3.26. The Bertz CT molecular complexity index is 1380. The largest absolute Gasteiger partial charge is 0.481 e. The van der Waals surface area contributed by atoms with Crippen molar-refractivity contribution < 1.29 is 28.3 Å². The average Bonchev–Trinajstić information content (AvgIpc) is 3.19. The fraction of sp³-hybridized carbons (Fsp3) is 0.179. The molecule has 1 unspecified atom stereocenters. The number of nitrogens with zero attached hydrogens (tertiary/aromatic N) is 1. The van der Waals surface area contributed by atoms with Gasteiger partial charge in [0.1, 0.15) is 23.3 Å². The highest BCUT2D eigenvalue weighted by molar-refractivity contribution is 5.91. The van der Waals surface area contributed by atoms with E-state index in [1.165, 1.54) is 6.07 Å². The quantitative estimate of drug-likeness (QED) is 0.301. The van der Waals surface area contributed by atoms with Gasteiger partial charge in [-0.15, -0.1) is 0 Å². The Kier molecular flexibility index (Phi) is 7.44. The van der Waals surface area contributed by atoms with Crippen LogP contribution >= 0.6 is 0 Å². The normalized spacial score (nSPS) is 11.6. The number of aliphatic carboxylic acids is 1. The molecular weight excluding hydrogens is 463 g/mol. The van der Waals surface area contributed by atoms with Gasteiger partial charge in [-0.25, -0.2) is 9.18 Å². The van der Waals surface area contributed by atoms with Crippen molar-refractivity contribution in [3.63, 3.8) is 0 Å². The molecule has 0 radical (unpaired) electrons. The molecule has 0 fully saturated rings. The smallest absolute Gasteiger partial charge is 0.412 e. The maximum absolute atomic E-state index is 14.0. The van der Waals surface area contributed by atoms with Gasteiger partial charge in [-0.05, 0) is 43.0 Å². The lowest BCUT2D eigenvalue weighted by Gasteiger charge is -2.15. The van der Waals surface area contributed by atoms with Crippen molar-refractivity contribution in [2.45, 2.75) is 32.8 Å². The molecular formula is C28H25FN2O5. The summed E-state index contributed by atoms with van der Waals surface area (Å²) in [4.78, 5) is 23.5. The SMILES string of the molecule is Cc1onc(-c2ccc(Cc3cccc(CC(=O)O)c3)cc2)c1NC(=O)OC(C)c1ccccc1F. The van der Waals surface area contributed by atoms with Gasteiger partial charge >= 0.3 is 12.1 Å². The summed E-state index contributed by atoms with van der Waals surface area (Å²) < 4.78 is 24.7. The topological polar surface area (TPSA) is 102 Å². The number of benzene rings is 3. The van der Waals surface area contributed by atoms with Gasteiger partial charge in [0.2, 0.25) is 0 Å². The van der Waals surface area contributed by atoms with Crippen LogP contribution in [-0.2, 0) is 22.4 Å². The highest BCUT2D eigenvalue weighted by atomic mass is 19.1. The predicted molar refractivity (Wildman–Crippen MR) is 132 cm³/mol. The second-order valence-corrected chi connectivity index (χ2v) is 8.42. The van der Waals surface area contributed by atoms with Crippen LogP contribution in [0.25, 0.3) is 11.3 Å². The number of carboxylic acid groups (broad SMARTS) is 1. The van der Waals surface area contributed by atoms with Crippen molar-refractivity contribution in [1.29, 1.82) is 0 Å². The van der Waals surface area contributed by atoms with E-state index in [1.807, 2.05) is 42.5 Å². The molecule has 0 saturated carbocycles. The number of aromatic nitrogens is 1. The molecule has 3 aromatic carbocycles. The molecule has 0 bridgehead atoms. The number of carbonyl (C=O) groups is 2. The number of anilines is 1. The third-order valence-corrected chi connectivity index (χ3v) is 5.70. The minimum absolute atomic E-state index is 0.0183. The Morgan fingerprint density at radius 2 is 1.75 bits per heavy atom. The number of amides is 1. The Morgan fingerprint density at radius 3 is 2.47 bits per heavy atom. The molecule has 1 aromatic heterocycles. The van der Waals surface area contributed by atoms with Gasteiger partial charge in [0.05, 0.1) is 6.42 Å². The van der Waals surface area contributed by atoms with Crippen molar-refractivity contribution in [2.75, 3.05) is 5.32 Å². The van der Waals surface area contributed by atoms with Gasteiger partial charge in [0, 0.05) is 11.1 Å². The number of nitrogens with one attached hydrogen (secondary N) is 1. The van der Waals surface area contributed by atoms with Crippen LogP contribution in [0.1, 0.15) is 41.0 Å². The number of hydrogen-bond donors (Lipinski definition) is 2. The zero-order valence-corrected chi connectivity index (χ0v) is 19.8. The van der Waals surface area contributed by atoms with Gasteiger partial charge in [-0.3, -0.25) is 10.1 Å². The number of carbonyl (C=O) groups excluding carboxylic acids is 1. The van der Waals surface area contributed by atoms with E-state index >= 15 is 0 Å². The fourth-order valence-electron chi connectivity index (χ4n) is 3.92. The summed E-state index contributed by atoms with van der Waals surface area (Å²) in [5.41, 5.74) is 4.60. The average molecular weight is 489 g/mol. The molecule has 0 saturated heterocycles. The first-order valence-corrected chi connectivity index (χ1v) is 11.4. The lowest BCUT2D eigenvalue weighted by molar-refractivity contribution is -0.136.